The van der Waals surface area contributed by atoms with Crippen molar-refractivity contribution >= 4 is 17.2 Å². The fraction of sp³-hybridized carbons (Fsp3) is 0.706. The van der Waals surface area contributed by atoms with E-state index in [4.69, 9.17) is 0 Å². The lowest BCUT2D eigenvalue weighted by atomic mass is 9.95. The van der Waals surface area contributed by atoms with Gasteiger partial charge in [-0.15, -0.1) is 0 Å². The lowest BCUT2D eigenvalue weighted by molar-refractivity contribution is -0.128. The Hall–Kier alpha value is -0.870. The third kappa shape index (κ3) is 4.82. The molecule has 1 fully saturated rings. The second-order valence-electron chi connectivity index (χ2n) is 6.98. The maximum atomic E-state index is 12.2. The first-order valence-corrected chi connectivity index (χ1v) is 8.97. The summed E-state index contributed by atoms with van der Waals surface area (Å²) in [4.78, 5) is 14.7. The first-order valence-electron chi connectivity index (χ1n) is 8.03. The molecule has 21 heavy (non-hydrogen) atoms. The lowest BCUT2D eigenvalue weighted by Gasteiger charge is -2.31. The summed E-state index contributed by atoms with van der Waals surface area (Å²) in [5.74, 6) is 0.137. The molecule has 2 heterocycles. The summed E-state index contributed by atoms with van der Waals surface area (Å²) in [6.07, 6.45) is 5.21. The Labute approximate surface area is 132 Å². The van der Waals surface area contributed by atoms with Gasteiger partial charge in [0.05, 0.1) is 6.04 Å². The third-order valence-electron chi connectivity index (χ3n) is 4.15. The van der Waals surface area contributed by atoms with Crippen LogP contribution in [0, 0.1) is 5.41 Å². The Bertz CT molecular complexity index is 428. The second kappa shape index (κ2) is 7.41. The van der Waals surface area contributed by atoms with Gasteiger partial charge in [-0.2, -0.15) is 11.3 Å². The van der Waals surface area contributed by atoms with E-state index < -0.39 is 0 Å². The molecule has 1 aromatic heterocycles. The second-order valence-corrected chi connectivity index (χ2v) is 7.76. The number of carbonyl (C=O) groups is 1. The zero-order valence-corrected chi connectivity index (χ0v) is 14.3. The molecule has 1 amide bonds. The fourth-order valence-corrected chi connectivity index (χ4v) is 3.49. The highest BCUT2D eigenvalue weighted by molar-refractivity contribution is 7.07. The van der Waals surface area contributed by atoms with Gasteiger partial charge in [0.1, 0.15) is 0 Å². The Kier molecular flexibility index (Phi) is 5.82. The Balaban J connectivity index is 2.04. The van der Waals surface area contributed by atoms with Crippen molar-refractivity contribution in [1.82, 2.24) is 10.2 Å². The molecule has 0 bridgehead atoms. The van der Waals surface area contributed by atoms with Gasteiger partial charge in [-0.3, -0.25) is 9.69 Å². The topological polar surface area (TPSA) is 32.3 Å². The van der Waals surface area contributed by atoms with Crippen LogP contribution in [0.15, 0.2) is 16.8 Å². The van der Waals surface area contributed by atoms with Crippen LogP contribution in [0.25, 0.3) is 0 Å². The van der Waals surface area contributed by atoms with E-state index in [-0.39, 0.29) is 11.3 Å². The van der Waals surface area contributed by atoms with Crippen LogP contribution < -0.4 is 5.32 Å². The Morgan fingerprint density at radius 1 is 1.29 bits per heavy atom. The van der Waals surface area contributed by atoms with E-state index in [2.05, 4.69) is 27.0 Å². The average Bonchev–Trinajstić information content (AvgIpc) is 2.81. The Morgan fingerprint density at radius 3 is 2.48 bits per heavy atom. The van der Waals surface area contributed by atoms with E-state index in [1.54, 1.807) is 11.3 Å². The molecule has 1 aliphatic heterocycles. The highest BCUT2D eigenvalue weighted by Gasteiger charge is 2.25. The van der Waals surface area contributed by atoms with Gasteiger partial charge in [-0.25, -0.2) is 0 Å². The van der Waals surface area contributed by atoms with E-state index in [0.717, 1.165) is 13.1 Å². The number of rotatable bonds is 4. The quantitative estimate of drug-likeness (QED) is 0.917. The molecule has 1 N–H and O–H groups in total. The van der Waals surface area contributed by atoms with Crippen molar-refractivity contribution in [2.45, 2.75) is 52.5 Å². The van der Waals surface area contributed by atoms with Crippen LogP contribution in [0.5, 0.6) is 0 Å². The largest absolute Gasteiger partial charge is 0.354 e. The van der Waals surface area contributed by atoms with Crippen LogP contribution in [0.1, 0.15) is 58.1 Å². The molecule has 118 valence electrons. The molecule has 0 spiro atoms. The summed E-state index contributed by atoms with van der Waals surface area (Å²) in [7, 11) is 0. The minimum Gasteiger partial charge on any atom is -0.354 e. The van der Waals surface area contributed by atoms with E-state index >= 15 is 0 Å². The van der Waals surface area contributed by atoms with Crippen molar-refractivity contribution in [3.8, 4) is 0 Å². The van der Waals surface area contributed by atoms with Gasteiger partial charge >= 0.3 is 0 Å². The van der Waals surface area contributed by atoms with Gasteiger partial charge in [0.25, 0.3) is 0 Å². The smallest absolute Gasteiger partial charge is 0.225 e. The summed E-state index contributed by atoms with van der Waals surface area (Å²) in [5, 5.41) is 7.50. The van der Waals surface area contributed by atoms with Gasteiger partial charge in [-0.1, -0.05) is 33.6 Å². The van der Waals surface area contributed by atoms with Crippen LogP contribution in [0.3, 0.4) is 0 Å². The highest BCUT2D eigenvalue weighted by atomic mass is 32.1. The van der Waals surface area contributed by atoms with Crippen molar-refractivity contribution in [1.29, 1.82) is 0 Å². The van der Waals surface area contributed by atoms with E-state index in [1.165, 1.54) is 31.2 Å². The number of likely N-dealkylation sites (tertiary alicyclic amines) is 1. The summed E-state index contributed by atoms with van der Waals surface area (Å²) in [6.45, 7) is 8.90. The molecular weight excluding hydrogens is 280 g/mol. The number of nitrogens with zero attached hydrogens (tertiary/aromatic N) is 1. The van der Waals surface area contributed by atoms with Crippen LogP contribution in [-0.2, 0) is 4.79 Å². The monoisotopic (exact) mass is 308 g/mol. The molecule has 4 heteroatoms. The van der Waals surface area contributed by atoms with Crippen LogP contribution >= 0.6 is 11.3 Å². The zero-order valence-electron chi connectivity index (χ0n) is 13.5. The van der Waals surface area contributed by atoms with E-state index in [1.807, 2.05) is 20.8 Å². The standard InChI is InChI=1S/C17H28N2OS/c1-17(2,3)16(20)18-12-15(14-8-11-21-13-14)19-9-6-4-5-7-10-19/h8,11,13,15H,4-7,9-10,12H2,1-3H3,(H,18,20). The molecule has 3 nitrogen and oxygen atoms in total. The number of hydrogen-bond donors (Lipinski definition) is 1. The molecule has 0 saturated carbocycles. The molecule has 1 aromatic rings. The zero-order chi connectivity index (χ0) is 15.3. The maximum absolute atomic E-state index is 12.2. The molecule has 0 aromatic carbocycles. The normalized spacial score (nSPS) is 19.0. The predicted molar refractivity (Wildman–Crippen MR) is 89.6 cm³/mol. The number of nitrogens with one attached hydrogen (secondary N) is 1. The van der Waals surface area contributed by atoms with Gasteiger partial charge in [0.2, 0.25) is 5.91 Å². The number of hydrogen-bond acceptors (Lipinski definition) is 3. The van der Waals surface area contributed by atoms with Crippen molar-refractivity contribution in [2.24, 2.45) is 5.41 Å². The lowest BCUT2D eigenvalue weighted by Crippen LogP contribution is -2.42. The highest BCUT2D eigenvalue weighted by Crippen LogP contribution is 2.26. The minimum atomic E-state index is -0.321. The maximum Gasteiger partial charge on any atom is 0.225 e. The molecule has 2 rings (SSSR count). The Morgan fingerprint density at radius 2 is 1.95 bits per heavy atom. The van der Waals surface area contributed by atoms with Crippen LogP contribution in [0.4, 0.5) is 0 Å². The van der Waals surface area contributed by atoms with Gasteiger partial charge in [0, 0.05) is 12.0 Å². The summed E-state index contributed by atoms with van der Waals surface area (Å²) >= 11 is 1.74. The van der Waals surface area contributed by atoms with Gasteiger partial charge in [-0.05, 0) is 48.3 Å². The summed E-state index contributed by atoms with van der Waals surface area (Å²) in [6, 6.07) is 2.52. The summed E-state index contributed by atoms with van der Waals surface area (Å²) < 4.78 is 0. The predicted octanol–water partition coefficient (Wildman–Crippen LogP) is 3.83. The average molecular weight is 308 g/mol. The van der Waals surface area contributed by atoms with Crippen molar-refractivity contribution in [3.05, 3.63) is 22.4 Å². The van der Waals surface area contributed by atoms with E-state index in [9.17, 15) is 4.79 Å². The molecule has 0 aliphatic carbocycles. The van der Waals surface area contributed by atoms with Gasteiger partial charge in [0.15, 0.2) is 0 Å². The number of carbonyl (C=O) groups excluding carboxylic acids is 1. The first-order chi connectivity index (χ1) is 9.98. The molecule has 1 atom stereocenters. The van der Waals surface area contributed by atoms with Gasteiger partial charge < -0.3 is 5.32 Å². The molecule has 0 radical (unpaired) electrons. The molecule has 1 unspecified atom stereocenters. The number of thiophene rings is 1. The fourth-order valence-electron chi connectivity index (χ4n) is 2.78. The SMILES string of the molecule is CC(C)(C)C(=O)NCC(c1ccsc1)N1CCCCCC1. The molecule has 1 saturated heterocycles. The van der Waals surface area contributed by atoms with Crippen LogP contribution in [-0.4, -0.2) is 30.4 Å². The van der Waals surface area contributed by atoms with E-state index in [0.29, 0.717) is 12.6 Å². The minimum absolute atomic E-state index is 0.137. The first kappa shape index (κ1) is 16.5. The molecular formula is C17H28N2OS. The van der Waals surface area contributed by atoms with Crippen molar-refractivity contribution in [3.63, 3.8) is 0 Å². The van der Waals surface area contributed by atoms with Crippen LogP contribution in [0.2, 0.25) is 0 Å². The van der Waals surface area contributed by atoms with Crippen molar-refractivity contribution < 1.29 is 4.79 Å². The number of amides is 1. The van der Waals surface area contributed by atoms with Crippen molar-refractivity contribution in [2.75, 3.05) is 19.6 Å². The molecule has 1 aliphatic rings. The summed E-state index contributed by atoms with van der Waals surface area (Å²) in [5.41, 5.74) is 1.02. The third-order valence-corrected chi connectivity index (χ3v) is 4.85.